The van der Waals surface area contributed by atoms with Crippen molar-refractivity contribution in [1.82, 2.24) is 4.98 Å². The van der Waals surface area contributed by atoms with Crippen LogP contribution in [0.15, 0.2) is 69.8 Å². The number of fused-ring (bicyclic) bond motifs is 1. The van der Waals surface area contributed by atoms with Gasteiger partial charge in [0.1, 0.15) is 0 Å². The molecule has 6 N–H and O–H groups in total. The fourth-order valence-electron chi connectivity index (χ4n) is 2.48. The maximum absolute atomic E-state index is 12.5. The van der Waals surface area contributed by atoms with E-state index in [0.717, 1.165) is 16.5 Å². The Morgan fingerprint density at radius 2 is 1.81 bits per heavy atom. The second-order valence-corrected chi connectivity index (χ2v) is 7.27. The molecule has 0 aliphatic heterocycles. The topological polar surface area (TPSA) is 139 Å². The van der Waals surface area contributed by atoms with E-state index >= 15 is 0 Å². The summed E-state index contributed by atoms with van der Waals surface area (Å²) in [5.74, 6) is -0.138. The molecule has 134 valence electrons. The van der Waals surface area contributed by atoms with Gasteiger partial charge in [0.25, 0.3) is 10.0 Å². The number of sulfonamides is 1. The first-order chi connectivity index (χ1) is 12.4. The van der Waals surface area contributed by atoms with E-state index in [4.69, 9.17) is 11.5 Å². The lowest BCUT2D eigenvalue weighted by atomic mass is 10.1. The third-order valence-corrected chi connectivity index (χ3v) is 5.09. The van der Waals surface area contributed by atoms with Gasteiger partial charge in [0, 0.05) is 28.4 Å². The minimum Gasteiger partial charge on any atom is -0.369 e. The number of hydrogen-bond donors (Lipinski definition) is 4. The standard InChI is InChI=1S/C17H18N6O2S/c1-11(21-22-17(18)19)15-10-20-16-8-7-12(9-14(15)16)23-26(24,25)13-5-3-2-4-6-13/h2-10,20,23H,1H3,(H4,18,19,22)/b21-11+. The molecule has 0 unspecified atom stereocenters. The van der Waals surface area contributed by atoms with Gasteiger partial charge in [-0.05, 0) is 37.3 Å². The molecule has 3 rings (SSSR count). The van der Waals surface area contributed by atoms with Crippen LogP contribution in [-0.4, -0.2) is 25.1 Å². The molecule has 0 aliphatic rings. The first kappa shape index (κ1) is 17.5. The fraction of sp³-hybridized carbons (Fsp3) is 0.0588. The Morgan fingerprint density at radius 1 is 1.08 bits per heavy atom. The van der Waals surface area contributed by atoms with Gasteiger partial charge >= 0.3 is 0 Å². The number of nitrogens with two attached hydrogens (primary N) is 2. The summed E-state index contributed by atoms with van der Waals surface area (Å²) in [4.78, 5) is 3.30. The number of nitrogens with zero attached hydrogens (tertiary/aromatic N) is 2. The van der Waals surface area contributed by atoms with E-state index < -0.39 is 10.0 Å². The van der Waals surface area contributed by atoms with Crippen molar-refractivity contribution in [3.63, 3.8) is 0 Å². The van der Waals surface area contributed by atoms with Crippen LogP contribution in [0, 0.1) is 0 Å². The minimum absolute atomic E-state index is 0.138. The zero-order chi connectivity index (χ0) is 18.7. The van der Waals surface area contributed by atoms with Gasteiger partial charge in [0.05, 0.1) is 10.6 Å². The summed E-state index contributed by atoms with van der Waals surface area (Å²) < 4.78 is 27.6. The third-order valence-electron chi connectivity index (χ3n) is 3.69. The molecular weight excluding hydrogens is 352 g/mol. The van der Waals surface area contributed by atoms with Crippen molar-refractivity contribution < 1.29 is 8.42 Å². The van der Waals surface area contributed by atoms with Gasteiger partial charge in [-0.1, -0.05) is 18.2 Å². The lowest BCUT2D eigenvalue weighted by Crippen LogP contribution is -2.22. The average Bonchev–Trinajstić information content (AvgIpc) is 3.03. The van der Waals surface area contributed by atoms with Crippen LogP contribution in [-0.2, 0) is 10.0 Å². The molecule has 0 bridgehead atoms. The number of hydrogen-bond acceptors (Lipinski definition) is 4. The number of benzene rings is 2. The van der Waals surface area contributed by atoms with Gasteiger partial charge in [-0.15, -0.1) is 5.10 Å². The maximum Gasteiger partial charge on any atom is 0.261 e. The van der Waals surface area contributed by atoms with Crippen LogP contribution in [0.4, 0.5) is 5.69 Å². The lowest BCUT2D eigenvalue weighted by Gasteiger charge is -2.08. The van der Waals surface area contributed by atoms with Gasteiger partial charge in [-0.2, -0.15) is 5.10 Å². The highest BCUT2D eigenvalue weighted by molar-refractivity contribution is 7.92. The lowest BCUT2D eigenvalue weighted by molar-refractivity contribution is 0.601. The van der Waals surface area contributed by atoms with Crippen LogP contribution < -0.4 is 16.2 Å². The Morgan fingerprint density at radius 3 is 2.50 bits per heavy atom. The van der Waals surface area contributed by atoms with Gasteiger partial charge in [0.15, 0.2) is 0 Å². The molecule has 0 aliphatic carbocycles. The molecule has 26 heavy (non-hydrogen) atoms. The molecule has 1 aromatic heterocycles. The Labute approximate surface area is 150 Å². The number of nitrogens with one attached hydrogen (secondary N) is 2. The number of guanidine groups is 1. The van der Waals surface area contributed by atoms with Crippen molar-refractivity contribution in [2.45, 2.75) is 11.8 Å². The monoisotopic (exact) mass is 370 g/mol. The molecule has 0 saturated carbocycles. The highest BCUT2D eigenvalue weighted by atomic mass is 32.2. The summed E-state index contributed by atoms with van der Waals surface area (Å²) in [7, 11) is -3.66. The summed E-state index contributed by atoms with van der Waals surface area (Å²) >= 11 is 0. The largest absolute Gasteiger partial charge is 0.369 e. The molecule has 1 heterocycles. The molecule has 0 spiro atoms. The molecular formula is C17H18N6O2S. The van der Waals surface area contributed by atoms with E-state index in [0.29, 0.717) is 11.4 Å². The SMILES string of the molecule is C/C(=N\N=C(N)N)c1c[nH]c2ccc(NS(=O)(=O)c3ccccc3)cc12. The minimum atomic E-state index is -3.66. The predicted octanol–water partition coefficient (Wildman–Crippen LogP) is 1.97. The van der Waals surface area contributed by atoms with E-state index in [-0.39, 0.29) is 10.9 Å². The van der Waals surface area contributed by atoms with Gasteiger partial charge in [-0.3, -0.25) is 4.72 Å². The molecule has 8 nitrogen and oxygen atoms in total. The van der Waals surface area contributed by atoms with E-state index in [2.05, 4.69) is 19.9 Å². The Balaban J connectivity index is 1.98. The zero-order valence-corrected chi connectivity index (χ0v) is 14.8. The van der Waals surface area contributed by atoms with Crippen LogP contribution in [0.2, 0.25) is 0 Å². The molecule has 0 fully saturated rings. The summed E-state index contributed by atoms with van der Waals surface area (Å²) in [6, 6.07) is 13.4. The van der Waals surface area contributed by atoms with Crippen LogP contribution in [0.5, 0.6) is 0 Å². The molecule has 3 aromatic rings. The first-order valence-corrected chi connectivity index (χ1v) is 9.18. The summed E-state index contributed by atoms with van der Waals surface area (Å²) in [5.41, 5.74) is 13.2. The number of anilines is 1. The average molecular weight is 370 g/mol. The van der Waals surface area contributed by atoms with E-state index in [1.165, 1.54) is 12.1 Å². The van der Waals surface area contributed by atoms with E-state index in [1.807, 2.05) is 0 Å². The number of aromatic nitrogens is 1. The molecule has 0 amide bonds. The number of rotatable bonds is 5. The van der Waals surface area contributed by atoms with Gasteiger partial charge in [-0.25, -0.2) is 8.42 Å². The Bertz CT molecular complexity index is 1100. The van der Waals surface area contributed by atoms with Crippen LogP contribution >= 0.6 is 0 Å². The van der Waals surface area contributed by atoms with Crippen molar-refractivity contribution in [2.75, 3.05) is 4.72 Å². The van der Waals surface area contributed by atoms with Crippen molar-refractivity contribution in [3.8, 4) is 0 Å². The van der Waals surface area contributed by atoms with Crippen molar-refractivity contribution >= 4 is 38.3 Å². The molecule has 2 aromatic carbocycles. The smallest absolute Gasteiger partial charge is 0.261 e. The third kappa shape index (κ3) is 3.67. The van der Waals surface area contributed by atoms with Crippen LogP contribution in [0.3, 0.4) is 0 Å². The van der Waals surface area contributed by atoms with Crippen LogP contribution in [0.1, 0.15) is 12.5 Å². The summed E-state index contributed by atoms with van der Waals surface area (Å²) in [6.45, 7) is 1.76. The highest BCUT2D eigenvalue weighted by Gasteiger charge is 2.15. The van der Waals surface area contributed by atoms with Crippen LogP contribution in [0.25, 0.3) is 10.9 Å². The normalized spacial score (nSPS) is 12.1. The summed E-state index contributed by atoms with van der Waals surface area (Å²) in [6.07, 6.45) is 1.77. The number of aromatic amines is 1. The quantitative estimate of drug-likeness (QED) is 0.310. The second-order valence-electron chi connectivity index (χ2n) is 5.59. The first-order valence-electron chi connectivity index (χ1n) is 7.69. The van der Waals surface area contributed by atoms with E-state index in [9.17, 15) is 8.42 Å². The van der Waals surface area contributed by atoms with Crippen molar-refractivity contribution in [3.05, 3.63) is 60.3 Å². The maximum atomic E-state index is 12.5. The molecule has 0 atom stereocenters. The Hall–Kier alpha value is -3.33. The van der Waals surface area contributed by atoms with E-state index in [1.54, 1.807) is 49.5 Å². The highest BCUT2D eigenvalue weighted by Crippen LogP contribution is 2.25. The van der Waals surface area contributed by atoms with Gasteiger partial charge in [0.2, 0.25) is 5.96 Å². The summed E-state index contributed by atoms with van der Waals surface area (Å²) in [5, 5.41) is 8.40. The number of H-pyrrole nitrogens is 1. The molecule has 9 heteroatoms. The fourth-order valence-corrected chi connectivity index (χ4v) is 3.55. The molecule has 0 radical (unpaired) electrons. The Kier molecular flexibility index (Phi) is 4.63. The van der Waals surface area contributed by atoms with Gasteiger partial charge < -0.3 is 16.5 Å². The zero-order valence-electron chi connectivity index (χ0n) is 14.0. The molecule has 0 saturated heterocycles. The predicted molar refractivity (Wildman–Crippen MR) is 104 cm³/mol. The second kappa shape index (κ2) is 6.89. The van der Waals surface area contributed by atoms with Crippen molar-refractivity contribution in [1.29, 1.82) is 0 Å². The van der Waals surface area contributed by atoms with Crippen molar-refractivity contribution in [2.24, 2.45) is 21.7 Å².